The number of carbonyl (C=O) groups is 2. The van der Waals surface area contributed by atoms with Crippen molar-refractivity contribution in [2.24, 2.45) is 5.73 Å². The molecule has 0 aliphatic rings. The summed E-state index contributed by atoms with van der Waals surface area (Å²) in [7, 11) is 1.64. The van der Waals surface area contributed by atoms with E-state index in [1.165, 1.54) is 21.6 Å². The predicted molar refractivity (Wildman–Crippen MR) is 117 cm³/mol. The Morgan fingerprint density at radius 3 is 2.39 bits per heavy atom. The first-order valence-corrected chi connectivity index (χ1v) is 9.82. The lowest BCUT2D eigenvalue weighted by molar-refractivity contribution is -0.117. The van der Waals surface area contributed by atoms with Crippen molar-refractivity contribution in [2.45, 2.75) is 33.0 Å². The molecule has 0 fully saturated rings. The fourth-order valence-electron chi connectivity index (χ4n) is 3.06. The highest BCUT2D eigenvalue weighted by molar-refractivity contribution is 5.94. The Hall–Kier alpha value is -3.39. The summed E-state index contributed by atoms with van der Waals surface area (Å²) in [4.78, 5) is 26.0. The number of fused-ring (bicyclic) bond motifs is 1. The molecule has 3 aromatic rings. The fourth-order valence-corrected chi connectivity index (χ4v) is 3.06. The molecule has 2 aromatic carbocycles. The molecule has 1 heterocycles. The summed E-state index contributed by atoms with van der Waals surface area (Å²) in [5.41, 5.74) is 6.30. The molecule has 0 atom stereocenters. The first-order chi connectivity index (χ1) is 14.6. The summed E-state index contributed by atoms with van der Waals surface area (Å²) in [5.74, 6) is -0.109. The van der Waals surface area contributed by atoms with Gasteiger partial charge >= 0.3 is 6.09 Å². The van der Waals surface area contributed by atoms with Gasteiger partial charge in [-0.25, -0.2) is 13.8 Å². The van der Waals surface area contributed by atoms with E-state index in [0.29, 0.717) is 28.0 Å². The van der Waals surface area contributed by atoms with E-state index >= 15 is 0 Å². The molecule has 8 heteroatoms. The van der Waals surface area contributed by atoms with Crippen LogP contribution in [0.15, 0.2) is 48.5 Å². The molecule has 7 nitrogen and oxygen atoms in total. The molecule has 31 heavy (non-hydrogen) atoms. The molecule has 164 valence electrons. The number of likely N-dealkylation sites (N-methyl/N-ethyl adjacent to an activating group) is 1. The Morgan fingerprint density at radius 2 is 1.77 bits per heavy atom. The molecule has 1 aromatic heterocycles. The summed E-state index contributed by atoms with van der Waals surface area (Å²) >= 11 is 0. The average molecular weight is 427 g/mol. The van der Waals surface area contributed by atoms with Crippen LogP contribution >= 0.6 is 0 Å². The molecule has 0 unspecified atom stereocenters. The van der Waals surface area contributed by atoms with Crippen LogP contribution in [0.5, 0.6) is 5.75 Å². The minimum absolute atomic E-state index is 0.0620. The van der Waals surface area contributed by atoms with Crippen molar-refractivity contribution in [3.8, 4) is 5.75 Å². The Labute approximate surface area is 180 Å². The Morgan fingerprint density at radius 1 is 1.10 bits per heavy atom. The maximum absolute atomic E-state index is 13.8. The van der Waals surface area contributed by atoms with Crippen molar-refractivity contribution >= 4 is 28.6 Å². The number of hydrogen-bond acceptors (Lipinski definition) is 5. The van der Waals surface area contributed by atoms with Gasteiger partial charge in [0.15, 0.2) is 0 Å². The zero-order valence-electron chi connectivity index (χ0n) is 18.0. The third-order valence-corrected chi connectivity index (χ3v) is 4.58. The van der Waals surface area contributed by atoms with Gasteiger partial charge in [0.05, 0.1) is 17.8 Å². The Kier molecular flexibility index (Phi) is 6.31. The first kappa shape index (κ1) is 22.3. The summed E-state index contributed by atoms with van der Waals surface area (Å²) in [6.45, 7) is 5.28. The van der Waals surface area contributed by atoms with E-state index in [2.05, 4.69) is 0 Å². The van der Waals surface area contributed by atoms with Crippen molar-refractivity contribution in [3.63, 3.8) is 0 Å². The van der Waals surface area contributed by atoms with Gasteiger partial charge in [0.1, 0.15) is 23.8 Å². The zero-order chi connectivity index (χ0) is 22.8. The van der Waals surface area contributed by atoms with Gasteiger partial charge in [-0.15, -0.1) is 0 Å². The zero-order valence-corrected chi connectivity index (χ0v) is 18.0. The summed E-state index contributed by atoms with van der Waals surface area (Å²) in [6, 6.07) is 12.9. The van der Waals surface area contributed by atoms with Crippen LogP contribution in [0, 0.1) is 5.82 Å². The van der Waals surface area contributed by atoms with Gasteiger partial charge in [0, 0.05) is 18.1 Å². The minimum atomic E-state index is -0.706. The molecule has 3 rings (SSSR count). The number of nitrogens with zero attached hydrogens (tertiary/aromatic N) is 2. The second kappa shape index (κ2) is 8.77. The van der Waals surface area contributed by atoms with Crippen molar-refractivity contribution in [1.29, 1.82) is 0 Å². The van der Waals surface area contributed by atoms with Crippen LogP contribution in [0.4, 0.5) is 14.9 Å². The monoisotopic (exact) mass is 427 g/mol. The van der Waals surface area contributed by atoms with Crippen molar-refractivity contribution in [1.82, 2.24) is 4.57 Å². The van der Waals surface area contributed by atoms with Crippen LogP contribution in [0.1, 0.15) is 26.5 Å². The second-order valence-corrected chi connectivity index (χ2v) is 8.09. The predicted octanol–water partition coefficient (Wildman–Crippen LogP) is 4.06. The highest BCUT2D eigenvalue weighted by Crippen LogP contribution is 2.25. The van der Waals surface area contributed by atoms with Gasteiger partial charge in [-0.05, 0) is 69.3 Å². The Bertz CT molecular complexity index is 1100. The van der Waals surface area contributed by atoms with Crippen LogP contribution in [0.25, 0.3) is 10.9 Å². The summed E-state index contributed by atoms with van der Waals surface area (Å²) < 4.78 is 26.5. The molecule has 0 saturated heterocycles. The quantitative estimate of drug-likeness (QED) is 0.663. The number of carbonyl (C=O) groups excluding carboxylic acids is 2. The molecule has 0 spiro atoms. The maximum Gasteiger partial charge on any atom is 0.419 e. The molecule has 0 radical (unpaired) electrons. The number of hydrogen-bond donors (Lipinski definition) is 1. The highest BCUT2D eigenvalue weighted by Gasteiger charge is 2.22. The number of anilines is 1. The lowest BCUT2D eigenvalue weighted by atomic mass is 10.2. The molecule has 0 saturated carbocycles. The lowest BCUT2D eigenvalue weighted by Gasteiger charge is -2.21. The van der Waals surface area contributed by atoms with Gasteiger partial charge in [-0.3, -0.25) is 4.79 Å². The van der Waals surface area contributed by atoms with Gasteiger partial charge in [-0.1, -0.05) is 0 Å². The number of nitrogens with two attached hydrogens (primary N) is 1. The van der Waals surface area contributed by atoms with Gasteiger partial charge in [0.2, 0.25) is 5.91 Å². The number of aromatic nitrogens is 1. The third kappa shape index (κ3) is 5.21. The summed E-state index contributed by atoms with van der Waals surface area (Å²) in [6.07, 6.45) is -0.607. The van der Waals surface area contributed by atoms with E-state index in [1.54, 1.807) is 64.2 Å². The largest absolute Gasteiger partial charge is 0.487 e. The average Bonchev–Trinajstić information content (AvgIpc) is 3.07. The summed E-state index contributed by atoms with van der Waals surface area (Å²) in [5, 5.41) is 0.697. The number of rotatable bonds is 5. The number of ether oxygens (including phenoxy) is 2. The van der Waals surface area contributed by atoms with E-state index in [1.807, 2.05) is 0 Å². The normalized spacial score (nSPS) is 11.4. The van der Waals surface area contributed by atoms with E-state index in [4.69, 9.17) is 15.2 Å². The van der Waals surface area contributed by atoms with Gasteiger partial charge in [0.25, 0.3) is 0 Å². The van der Waals surface area contributed by atoms with Crippen LogP contribution in [-0.2, 0) is 16.1 Å². The fraction of sp³-hybridized carbons (Fsp3) is 0.304. The Balaban J connectivity index is 1.85. The van der Waals surface area contributed by atoms with Crippen LogP contribution in [0.2, 0.25) is 0 Å². The van der Waals surface area contributed by atoms with E-state index in [9.17, 15) is 14.0 Å². The van der Waals surface area contributed by atoms with E-state index in [0.717, 1.165) is 0 Å². The SMILES string of the molecule is CN(C(=O)CN)c1ccc(OCc2cc3ccc(F)cc3n2C(=O)OC(C)(C)C)cc1. The van der Waals surface area contributed by atoms with Crippen molar-refractivity contribution in [3.05, 3.63) is 60.0 Å². The first-order valence-electron chi connectivity index (χ1n) is 9.82. The van der Waals surface area contributed by atoms with Crippen molar-refractivity contribution < 1.29 is 23.5 Å². The number of amides is 1. The van der Waals surface area contributed by atoms with Crippen LogP contribution in [-0.4, -0.2) is 35.8 Å². The minimum Gasteiger partial charge on any atom is -0.487 e. The van der Waals surface area contributed by atoms with E-state index in [-0.39, 0.29) is 19.1 Å². The molecule has 2 N–H and O–H groups in total. The van der Waals surface area contributed by atoms with Crippen LogP contribution in [0.3, 0.4) is 0 Å². The highest BCUT2D eigenvalue weighted by atomic mass is 19.1. The van der Waals surface area contributed by atoms with Crippen LogP contribution < -0.4 is 15.4 Å². The lowest BCUT2D eigenvalue weighted by Crippen LogP contribution is -2.32. The molecule has 0 bridgehead atoms. The standard InChI is InChI=1S/C23H26FN3O4/c1-23(2,3)31-22(29)27-18(11-15-5-6-16(24)12-20(15)27)14-30-19-9-7-17(8-10-19)26(4)21(28)13-25/h5-12H,13-14,25H2,1-4H3. The topological polar surface area (TPSA) is 86.8 Å². The molecule has 0 aliphatic heterocycles. The third-order valence-electron chi connectivity index (χ3n) is 4.58. The number of halogens is 1. The van der Waals surface area contributed by atoms with Gasteiger partial charge in [-0.2, -0.15) is 0 Å². The molecular weight excluding hydrogens is 401 g/mol. The molecule has 1 amide bonds. The maximum atomic E-state index is 13.8. The molecule has 0 aliphatic carbocycles. The second-order valence-electron chi connectivity index (χ2n) is 8.09. The smallest absolute Gasteiger partial charge is 0.419 e. The van der Waals surface area contributed by atoms with Gasteiger partial charge < -0.3 is 20.1 Å². The van der Waals surface area contributed by atoms with Crippen molar-refractivity contribution in [2.75, 3.05) is 18.5 Å². The number of benzene rings is 2. The molecular formula is C23H26FN3O4. The van der Waals surface area contributed by atoms with E-state index < -0.39 is 17.5 Å².